The maximum Gasteiger partial charge on any atom is 0.236 e. The number of halogens is 2. The van der Waals surface area contributed by atoms with Gasteiger partial charge in [0.25, 0.3) is 0 Å². The number of benzene rings is 1. The molecule has 0 bridgehead atoms. The molecule has 1 atom stereocenters. The number of hydrogen-bond acceptors (Lipinski definition) is 6. The molecule has 2 aliphatic rings. The zero-order valence-corrected chi connectivity index (χ0v) is 18.2. The molecule has 1 N–H and O–H groups in total. The summed E-state index contributed by atoms with van der Waals surface area (Å²) >= 11 is 5.71. The van der Waals surface area contributed by atoms with Crippen molar-refractivity contribution in [3.05, 3.63) is 59.6 Å². The first kappa shape index (κ1) is 22.7. The van der Waals surface area contributed by atoms with Gasteiger partial charge < -0.3 is 14.8 Å². The lowest BCUT2D eigenvalue weighted by molar-refractivity contribution is 0.0829. The van der Waals surface area contributed by atoms with E-state index in [4.69, 9.17) is 21.1 Å². The number of ether oxygens (including phenoxy) is 2. The van der Waals surface area contributed by atoms with Crippen LogP contribution in [0.25, 0.3) is 10.9 Å². The third kappa shape index (κ3) is 6.01. The van der Waals surface area contributed by atoms with Crippen LogP contribution in [0.5, 0.6) is 5.88 Å². The summed E-state index contributed by atoms with van der Waals surface area (Å²) in [5, 5.41) is 4.97. The minimum atomic E-state index is 0. The first-order chi connectivity index (χ1) is 14.3. The molecule has 3 aromatic rings. The van der Waals surface area contributed by atoms with Crippen molar-refractivity contribution in [1.29, 1.82) is 0 Å². The van der Waals surface area contributed by atoms with Gasteiger partial charge in [-0.05, 0) is 44.0 Å². The second-order valence-corrected chi connectivity index (χ2v) is 7.58. The van der Waals surface area contributed by atoms with Crippen molar-refractivity contribution in [3.8, 4) is 5.88 Å². The Kier molecular flexibility index (Phi) is 8.63. The molecular formula is C22H26Cl2N4O2. The number of fused-ring (bicyclic) bond motifs is 1. The predicted molar refractivity (Wildman–Crippen MR) is 121 cm³/mol. The fourth-order valence-corrected chi connectivity index (χ4v) is 3.76. The topological polar surface area (TPSA) is 69.2 Å². The number of aromatic nitrogens is 3. The van der Waals surface area contributed by atoms with E-state index in [2.05, 4.69) is 20.3 Å². The van der Waals surface area contributed by atoms with Crippen LogP contribution >= 0.6 is 24.0 Å². The van der Waals surface area contributed by atoms with E-state index in [0.29, 0.717) is 11.1 Å². The van der Waals surface area contributed by atoms with Crippen molar-refractivity contribution in [2.45, 2.75) is 31.3 Å². The molecule has 2 fully saturated rings. The average Bonchev–Trinajstić information content (AvgIpc) is 3.28. The van der Waals surface area contributed by atoms with Crippen molar-refractivity contribution >= 4 is 34.9 Å². The number of nitrogens with zero attached hydrogens (tertiary/aromatic N) is 3. The van der Waals surface area contributed by atoms with Gasteiger partial charge in [-0.2, -0.15) is 0 Å². The van der Waals surface area contributed by atoms with Gasteiger partial charge in [-0.15, -0.1) is 12.4 Å². The van der Waals surface area contributed by atoms with Crippen molar-refractivity contribution in [2.75, 3.05) is 26.3 Å². The smallest absolute Gasteiger partial charge is 0.236 e. The zero-order valence-electron chi connectivity index (χ0n) is 16.7. The molecule has 160 valence electrons. The standard InChI is InChI=1S/C13H19N3O2.C9H6ClN.ClH/c1-4-14-9-11(1)18-13-12(15-5-6-16-13)10-2-7-17-8-3-10;10-9-6-5-7-3-1-2-4-8(7)11-9;/h5-6,10-11,14H,1-4,7-9H2;1-6H;1H/t11-;;/m1../s1. The highest BCUT2D eigenvalue weighted by atomic mass is 35.5. The van der Waals surface area contributed by atoms with Crippen molar-refractivity contribution in [3.63, 3.8) is 0 Å². The molecule has 5 rings (SSSR count). The summed E-state index contributed by atoms with van der Waals surface area (Å²) < 4.78 is 11.4. The van der Waals surface area contributed by atoms with Gasteiger partial charge in [0.15, 0.2) is 0 Å². The predicted octanol–water partition coefficient (Wildman–Crippen LogP) is 4.42. The Hall–Kier alpha value is -1.99. The molecule has 0 spiro atoms. The molecule has 2 aromatic heterocycles. The molecule has 2 aliphatic heterocycles. The van der Waals surface area contributed by atoms with Gasteiger partial charge in [-0.3, -0.25) is 4.98 Å². The van der Waals surface area contributed by atoms with Gasteiger partial charge in [0.1, 0.15) is 17.0 Å². The Morgan fingerprint density at radius 3 is 2.60 bits per heavy atom. The van der Waals surface area contributed by atoms with Gasteiger partial charge in [-0.1, -0.05) is 29.8 Å². The highest BCUT2D eigenvalue weighted by Gasteiger charge is 2.24. The minimum absolute atomic E-state index is 0. The zero-order chi connectivity index (χ0) is 19.9. The van der Waals surface area contributed by atoms with Crippen molar-refractivity contribution < 1.29 is 9.47 Å². The lowest BCUT2D eigenvalue weighted by Crippen LogP contribution is -2.22. The largest absolute Gasteiger partial charge is 0.472 e. The van der Waals surface area contributed by atoms with Crippen LogP contribution in [0.3, 0.4) is 0 Å². The summed E-state index contributed by atoms with van der Waals surface area (Å²) in [4.78, 5) is 13.0. The van der Waals surface area contributed by atoms with Crippen LogP contribution < -0.4 is 10.1 Å². The van der Waals surface area contributed by atoms with E-state index in [-0.39, 0.29) is 18.5 Å². The van der Waals surface area contributed by atoms with Crippen LogP contribution in [0, 0.1) is 0 Å². The molecule has 0 saturated carbocycles. The fourth-order valence-electron chi connectivity index (χ4n) is 3.61. The summed E-state index contributed by atoms with van der Waals surface area (Å²) in [5.74, 6) is 1.15. The molecule has 6 nitrogen and oxygen atoms in total. The number of hydrogen-bond donors (Lipinski definition) is 1. The van der Waals surface area contributed by atoms with E-state index in [1.54, 1.807) is 18.5 Å². The SMILES string of the molecule is Cl.Clc1ccc2ccccc2n1.c1cnc(C2CCOCC2)c(O[C@@H]2CCNC2)n1. The van der Waals surface area contributed by atoms with Crippen LogP contribution in [0.2, 0.25) is 5.15 Å². The molecule has 0 aliphatic carbocycles. The van der Waals surface area contributed by atoms with Crippen molar-refractivity contribution in [2.24, 2.45) is 0 Å². The third-order valence-corrected chi connectivity index (χ3v) is 5.37. The summed E-state index contributed by atoms with van der Waals surface area (Å²) in [6.07, 6.45) is 6.77. The second-order valence-electron chi connectivity index (χ2n) is 7.19. The maximum atomic E-state index is 5.98. The van der Waals surface area contributed by atoms with Gasteiger partial charge in [-0.25, -0.2) is 9.97 Å². The van der Waals surface area contributed by atoms with Crippen LogP contribution in [0.1, 0.15) is 30.9 Å². The fraction of sp³-hybridized carbons (Fsp3) is 0.409. The van der Waals surface area contributed by atoms with Gasteiger partial charge in [0.2, 0.25) is 5.88 Å². The lowest BCUT2D eigenvalue weighted by atomic mass is 9.96. The molecule has 0 unspecified atom stereocenters. The van der Waals surface area contributed by atoms with E-state index in [1.165, 1.54) is 0 Å². The summed E-state index contributed by atoms with van der Waals surface area (Å²) in [6.45, 7) is 3.55. The van der Waals surface area contributed by atoms with Gasteiger partial charge in [0, 0.05) is 43.5 Å². The third-order valence-electron chi connectivity index (χ3n) is 5.16. The molecule has 1 aromatic carbocycles. The lowest BCUT2D eigenvalue weighted by Gasteiger charge is -2.23. The second kappa shape index (κ2) is 11.4. The Bertz CT molecular complexity index is 932. The average molecular weight is 449 g/mol. The minimum Gasteiger partial charge on any atom is -0.472 e. The highest BCUT2D eigenvalue weighted by Crippen LogP contribution is 2.31. The molecule has 8 heteroatoms. The Labute approximate surface area is 187 Å². The Balaban J connectivity index is 0.000000184. The summed E-state index contributed by atoms with van der Waals surface area (Å²) in [5.41, 5.74) is 1.95. The summed E-state index contributed by atoms with van der Waals surface area (Å²) in [6, 6.07) is 11.7. The Morgan fingerprint density at radius 1 is 1.00 bits per heavy atom. The van der Waals surface area contributed by atoms with E-state index in [9.17, 15) is 0 Å². The van der Waals surface area contributed by atoms with Crippen molar-refractivity contribution in [1.82, 2.24) is 20.3 Å². The van der Waals surface area contributed by atoms with Gasteiger partial charge >= 0.3 is 0 Å². The number of nitrogens with one attached hydrogen (secondary N) is 1. The van der Waals surface area contributed by atoms with Crippen LogP contribution in [0.4, 0.5) is 0 Å². The molecule has 30 heavy (non-hydrogen) atoms. The van der Waals surface area contributed by atoms with Crippen LogP contribution in [-0.2, 0) is 4.74 Å². The maximum absolute atomic E-state index is 5.98. The van der Waals surface area contributed by atoms with E-state index in [0.717, 1.165) is 68.0 Å². The molecule has 0 radical (unpaired) electrons. The molecule has 0 amide bonds. The van der Waals surface area contributed by atoms with E-state index < -0.39 is 0 Å². The van der Waals surface area contributed by atoms with Crippen LogP contribution in [-0.4, -0.2) is 47.4 Å². The molecular weight excluding hydrogens is 423 g/mol. The number of rotatable bonds is 3. The number of pyridine rings is 1. The molecule has 4 heterocycles. The molecule has 2 saturated heterocycles. The Morgan fingerprint density at radius 2 is 1.80 bits per heavy atom. The monoisotopic (exact) mass is 448 g/mol. The van der Waals surface area contributed by atoms with Crippen LogP contribution in [0.15, 0.2) is 48.8 Å². The first-order valence-electron chi connectivity index (χ1n) is 10.1. The van der Waals surface area contributed by atoms with Gasteiger partial charge in [0.05, 0.1) is 5.52 Å². The normalized spacial score (nSPS) is 18.9. The highest BCUT2D eigenvalue weighted by molar-refractivity contribution is 6.29. The quantitative estimate of drug-likeness (QED) is 0.597. The van der Waals surface area contributed by atoms with E-state index >= 15 is 0 Å². The first-order valence-corrected chi connectivity index (χ1v) is 10.4. The summed E-state index contributed by atoms with van der Waals surface area (Å²) in [7, 11) is 0. The number of para-hydroxylation sites is 1. The van der Waals surface area contributed by atoms with E-state index in [1.807, 2.05) is 30.3 Å².